The van der Waals surface area contributed by atoms with Crippen molar-refractivity contribution in [1.82, 2.24) is 15.4 Å². The van der Waals surface area contributed by atoms with Crippen molar-refractivity contribution in [3.8, 4) is 0 Å². The lowest BCUT2D eigenvalue weighted by atomic mass is 10.4. The number of aryl methyl sites for hydroxylation is 1. The second kappa shape index (κ2) is 4.94. The number of nitrogens with zero attached hydrogens (tertiary/aromatic N) is 2. The number of nitrogens with two attached hydrogens (primary N) is 1. The number of nitrogens with one attached hydrogen (secondary N) is 1. The van der Waals surface area contributed by atoms with Crippen LogP contribution in [-0.2, 0) is 16.2 Å². The van der Waals surface area contributed by atoms with Gasteiger partial charge in [0.25, 0.3) is 0 Å². The molecule has 0 saturated heterocycles. The fourth-order valence-electron chi connectivity index (χ4n) is 0.963. The largest absolute Gasteiger partial charge is 0.356 e. The number of hydrazine groups is 1. The van der Waals surface area contributed by atoms with E-state index in [9.17, 15) is 4.79 Å². The first-order valence-electron chi connectivity index (χ1n) is 3.98. The van der Waals surface area contributed by atoms with Gasteiger partial charge >= 0.3 is 5.97 Å². The topological polar surface area (TPSA) is 82.2 Å². The third-order valence-corrected chi connectivity index (χ3v) is 2.11. The zero-order chi connectivity index (χ0) is 10.6. The SMILES string of the molecule is Cc1c(Cl)cnn1CCC(=O)ONN. The molecule has 14 heavy (non-hydrogen) atoms. The molecular formula is C7H11ClN4O2. The van der Waals surface area contributed by atoms with Gasteiger partial charge in [-0.25, -0.2) is 5.84 Å². The molecule has 0 atom stereocenters. The normalized spacial score (nSPS) is 10.2. The lowest BCUT2D eigenvalue weighted by molar-refractivity contribution is -0.151. The Hall–Kier alpha value is -1.11. The van der Waals surface area contributed by atoms with E-state index in [-0.39, 0.29) is 6.42 Å². The van der Waals surface area contributed by atoms with Gasteiger partial charge < -0.3 is 4.84 Å². The predicted molar refractivity (Wildman–Crippen MR) is 50.0 cm³/mol. The standard InChI is InChI=1S/C7H11ClN4O2/c1-5-6(8)4-10-12(5)3-2-7(13)14-11-9/h4,11H,2-3,9H2,1H3. The molecule has 78 valence electrons. The Morgan fingerprint density at radius 3 is 3.07 bits per heavy atom. The molecule has 0 aliphatic rings. The minimum Gasteiger partial charge on any atom is -0.356 e. The van der Waals surface area contributed by atoms with Gasteiger partial charge in [-0.05, 0) is 6.92 Å². The van der Waals surface area contributed by atoms with E-state index >= 15 is 0 Å². The van der Waals surface area contributed by atoms with E-state index in [1.54, 1.807) is 4.68 Å². The van der Waals surface area contributed by atoms with E-state index in [2.05, 4.69) is 9.94 Å². The van der Waals surface area contributed by atoms with Crippen LogP contribution in [-0.4, -0.2) is 15.7 Å². The van der Waals surface area contributed by atoms with Crippen molar-refractivity contribution < 1.29 is 9.63 Å². The van der Waals surface area contributed by atoms with Crippen LogP contribution >= 0.6 is 11.6 Å². The van der Waals surface area contributed by atoms with Crippen molar-refractivity contribution in [1.29, 1.82) is 0 Å². The molecule has 3 N–H and O–H groups in total. The molecule has 0 aromatic carbocycles. The fourth-order valence-corrected chi connectivity index (χ4v) is 1.10. The van der Waals surface area contributed by atoms with Crippen LogP contribution in [0.5, 0.6) is 0 Å². The summed E-state index contributed by atoms with van der Waals surface area (Å²) in [5.41, 5.74) is 2.64. The Labute approximate surface area is 85.9 Å². The van der Waals surface area contributed by atoms with Crippen LogP contribution in [0, 0.1) is 6.92 Å². The monoisotopic (exact) mass is 218 g/mol. The van der Waals surface area contributed by atoms with Gasteiger partial charge in [-0.3, -0.25) is 9.48 Å². The Morgan fingerprint density at radius 2 is 2.57 bits per heavy atom. The first-order chi connectivity index (χ1) is 6.65. The maximum absolute atomic E-state index is 10.9. The molecule has 6 nitrogen and oxygen atoms in total. The summed E-state index contributed by atoms with van der Waals surface area (Å²) >= 11 is 5.77. The number of hydrogen-bond acceptors (Lipinski definition) is 5. The molecule has 1 aromatic heterocycles. The molecule has 0 spiro atoms. The number of rotatable bonds is 4. The van der Waals surface area contributed by atoms with Crippen LogP contribution in [0.1, 0.15) is 12.1 Å². The Bertz CT molecular complexity index is 325. The zero-order valence-electron chi connectivity index (χ0n) is 7.66. The molecule has 0 aliphatic heterocycles. The van der Waals surface area contributed by atoms with Gasteiger partial charge in [-0.15, -0.1) is 0 Å². The molecule has 1 rings (SSSR count). The zero-order valence-corrected chi connectivity index (χ0v) is 8.41. The van der Waals surface area contributed by atoms with Crippen molar-refractivity contribution in [3.05, 3.63) is 16.9 Å². The third-order valence-electron chi connectivity index (χ3n) is 1.74. The summed E-state index contributed by atoms with van der Waals surface area (Å²) in [6, 6.07) is 0. The first kappa shape index (κ1) is 11.0. The van der Waals surface area contributed by atoms with E-state index in [4.69, 9.17) is 17.4 Å². The third kappa shape index (κ3) is 2.69. The lowest BCUT2D eigenvalue weighted by Gasteiger charge is -2.03. The van der Waals surface area contributed by atoms with Crippen molar-refractivity contribution in [2.24, 2.45) is 5.84 Å². The predicted octanol–water partition coefficient (Wildman–Crippen LogP) is 0.157. The van der Waals surface area contributed by atoms with E-state index in [1.165, 1.54) is 6.20 Å². The van der Waals surface area contributed by atoms with Crippen LogP contribution in [0.4, 0.5) is 0 Å². The maximum atomic E-state index is 10.9. The van der Waals surface area contributed by atoms with Gasteiger partial charge in [0.2, 0.25) is 0 Å². The first-order valence-corrected chi connectivity index (χ1v) is 4.36. The lowest BCUT2D eigenvalue weighted by Crippen LogP contribution is -2.26. The number of aromatic nitrogens is 2. The molecule has 0 aliphatic carbocycles. The molecule has 0 saturated carbocycles. The summed E-state index contributed by atoms with van der Waals surface area (Å²) in [6.07, 6.45) is 1.71. The Balaban J connectivity index is 2.46. The smallest absolute Gasteiger partial charge is 0.328 e. The Morgan fingerprint density at radius 1 is 1.86 bits per heavy atom. The molecule has 1 aromatic rings. The summed E-state index contributed by atoms with van der Waals surface area (Å²) in [5, 5.41) is 4.55. The highest BCUT2D eigenvalue weighted by Crippen LogP contribution is 2.13. The molecular weight excluding hydrogens is 208 g/mol. The summed E-state index contributed by atoms with van der Waals surface area (Å²) in [7, 11) is 0. The van der Waals surface area contributed by atoms with Crippen LogP contribution < -0.4 is 11.4 Å². The van der Waals surface area contributed by atoms with Gasteiger partial charge in [-0.2, -0.15) is 5.10 Å². The minimum absolute atomic E-state index is 0.184. The highest BCUT2D eigenvalue weighted by Gasteiger charge is 2.07. The van der Waals surface area contributed by atoms with Crippen LogP contribution in [0.15, 0.2) is 6.20 Å². The summed E-state index contributed by atoms with van der Waals surface area (Å²) in [6.45, 7) is 2.24. The van der Waals surface area contributed by atoms with Crippen LogP contribution in [0.2, 0.25) is 5.02 Å². The van der Waals surface area contributed by atoms with Gasteiger partial charge in [0, 0.05) is 0 Å². The molecule has 0 bridgehead atoms. The second-order valence-corrected chi connectivity index (χ2v) is 3.05. The average molecular weight is 219 g/mol. The molecule has 0 unspecified atom stereocenters. The van der Waals surface area contributed by atoms with E-state index in [1.807, 2.05) is 12.5 Å². The molecule has 0 fully saturated rings. The van der Waals surface area contributed by atoms with E-state index in [0.29, 0.717) is 11.6 Å². The molecule has 0 amide bonds. The Kier molecular flexibility index (Phi) is 3.87. The number of carbonyl (C=O) groups excluding carboxylic acids is 1. The molecule has 1 heterocycles. The number of halogens is 1. The second-order valence-electron chi connectivity index (χ2n) is 2.64. The van der Waals surface area contributed by atoms with Gasteiger partial charge in [0.1, 0.15) is 0 Å². The quantitative estimate of drug-likeness (QED) is 0.556. The van der Waals surface area contributed by atoms with Crippen molar-refractivity contribution >= 4 is 17.6 Å². The maximum Gasteiger partial charge on any atom is 0.328 e. The van der Waals surface area contributed by atoms with E-state index < -0.39 is 5.97 Å². The van der Waals surface area contributed by atoms with Gasteiger partial charge in [0.15, 0.2) is 0 Å². The summed E-state index contributed by atoms with van der Waals surface area (Å²) in [5.74, 6) is 4.35. The van der Waals surface area contributed by atoms with Crippen molar-refractivity contribution in [3.63, 3.8) is 0 Å². The van der Waals surface area contributed by atoms with Crippen molar-refractivity contribution in [2.75, 3.05) is 0 Å². The highest BCUT2D eigenvalue weighted by atomic mass is 35.5. The van der Waals surface area contributed by atoms with E-state index in [0.717, 1.165) is 5.69 Å². The minimum atomic E-state index is -0.446. The van der Waals surface area contributed by atoms with Crippen LogP contribution in [0.3, 0.4) is 0 Å². The van der Waals surface area contributed by atoms with Gasteiger partial charge in [-0.1, -0.05) is 17.2 Å². The summed E-state index contributed by atoms with van der Waals surface area (Å²) in [4.78, 5) is 15.2. The number of hydrogen-bond donors (Lipinski definition) is 2. The fraction of sp³-hybridized carbons (Fsp3) is 0.429. The van der Waals surface area contributed by atoms with Gasteiger partial charge in [0.05, 0.1) is 29.9 Å². The summed E-state index contributed by atoms with van der Waals surface area (Å²) < 4.78 is 1.63. The highest BCUT2D eigenvalue weighted by molar-refractivity contribution is 6.31. The average Bonchev–Trinajstić information content (AvgIpc) is 2.46. The van der Waals surface area contributed by atoms with Crippen molar-refractivity contribution in [2.45, 2.75) is 19.9 Å². The number of carbonyl (C=O) groups is 1. The molecule has 0 radical (unpaired) electrons. The molecule has 7 heteroatoms. The van der Waals surface area contributed by atoms with Crippen LogP contribution in [0.25, 0.3) is 0 Å².